The molecule has 3 aromatic rings. The molecule has 1 heterocycles. The zero-order valence-electron chi connectivity index (χ0n) is 26.8. The number of carbonyl (C=O) groups excluding carboxylic acids is 1. The van der Waals surface area contributed by atoms with Gasteiger partial charge < -0.3 is 45.6 Å². The van der Waals surface area contributed by atoms with Crippen molar-refractivity contribution in [3.63, 3.8) is 0 Å². The van der Waals surface area contributed by atoms with Crippen LogP contribution in [0.1, 0.15) is 60.8 Å². The Morgan fingerprint density at radius 1 is 0.979 bits per heavy atom. The van der Waals surface area contributed by atoms with Gasteiger partial charge in [0.2, 0.25) is 0 Å². The molecule has 4 unspecified atom stereocenters. The minimum Gasteiger partial charge on any atom is -0.490 e. The lowest BCUT2D eigenvalue weighted by Gasteiger charge is -2.25. The van der Waals surface area contributed by atoms with Crippen LogP contribution in [0.15, 0.2) is 60.9 Å². The van der Waals surface area contributed by atoms with Gasteiger partial charge in [0.05, 0.1) is 31.0 Å². The molecule has 254 valence electrons. The highest BCUT2D eigenvalue weighted by molar-refractivity contribution is 5.74. The van der Waals surface area contributed by atoms with Crippen LogP contribution in [0.2, 0.25) is 0 Å². The quantitative estimate of drug-likeness (QED) is 0.102. The molecule has 2 saturated carbocycles. The van der Waals surface area contributed by atoms with Crippen LogP contribution < -0.4 is 15.4 Å². The summed E-state index contributed by atoms with van der Waals surface area (Å²) in [4.78, 5) is 16.5. The lowest BCUT2D eigenvalue weighted by Crippen LogP contribution is -2.50. The molecule has 47 heavy (non-hydrogen) atoms. The van der Waals surface area contributed by atoms with Gasteiger partial charge in [-0.15, -0.1) is 0 Å². The monoisotopic (exact) mass is 649 g/mol. The molecule has 1 aromatic heterocycles. The first-order valence-electron chi connectivity index (χ1n) is 16.5. The molecule has 0 spiro atoms. The van der Waals surface area contributed by atoms with Gasteiger partial charge in [-0.3, -0.25) is 4.98 Å². The summed E-state index contributed by atoms with van der Waals surface area (Å²) in [5.74, 6) is 0.906. The summed E-state index contributed by atoms with van der Waals surface area (Å²) in [6.45, 7) is 1.91. The molecule has 0 bridgehead atoms. The fraction of sp³-hybridized carbons (Fsp3) is 0.500. The molecule has 11 heteroatoms. The van der Waals surface area contributed by atoms with Gasteiger partial charge in [-0.2, -0.15) is 0 Å². The molecule has 11 nitrogen and oxygen atoms in total. The highest BCUT2D eigenvalue weighted by Gasteiger charge is 2.47. The Labute approximate surface area is 275 Å². The number of benzene rings is 2. The highest BCUT2D eigenvalue weighted by Crippen LogP contribution is 2.53. The molecule has 0 aliphatic heterocycles. The van der Waals surface area contributed by atoms with Crippen LogP contribution in [0.5, 0.6) is 5.75 Å². The maximum absolute atomic E-state index is 12.1. The smallest absolute Gasteiger partial charge is 0.314 e. The van der Waals surface area contributed by atoms with Crippen molar-refractivity contribution in [2.75, 3.05) is 19.7 Å². The van der Waals surface area contributed by atoms with Crippen molar-refractivity contribution in [1.82, 2.24) is 15.6 Å². The second-order valence-electron chi connectivity index (χ2n) is 12.7. The van der Waals surface area contributed by atoms with E-state index in [-0.39, 0.29) is 12.1 Å². The van der Waals surface area contributed by atoms with Gasteiger partial charge in [0.15, 0.2) is 0 Å². The first-order chi connectivity index (χ1) is 22.7. The summed E-state index contributed by atoms with van der Waals surface area (Å²) in [6.07, 6.45) is 4.00. The maximum Gasteiger partial charge on any atom is 0.314 e. The van der Waals surface area contributed by atoms with Crippen molar-refractivity contribution in [2.24, 2.45) is 0 Å². The summed E-state index contributed by atoms with van der Waals surface area (Å²) >= 11 is 0. The molecular formula is C36H47N3O8. The molecule has 2 fully saturated rings. The summed E-state index contributed by atoms with van der Waals surface area (Å²) < 4.78 is 12.9. The van der Waals surface area contributed by atoms with E-state index >= 15 is 0 Å². The van der Waals surface area contributed by atoms with E-state index in [9.17, 15) is 25.2 Å². The molecule has 0 saturated heterocycles. The van der Waals surface area contributed by atoms with Crippen molar-refractivity contribution in [3.8, 4) is 16.9 Å². The van der Waals surface area contributed by atoms with Gasteiger partial charge in [-0.1, -0.05) is 36.4 Å². The number of aryl methyl sites for hydroxylation is 2. The van der Waals surface area contributed by atoms with Gasteiger partial charge in [0.25, 0.3) is 0 Å². The molecule has 2 aliphatic rings. The summed E-state index contributed by atoms with van der Waals surface area (Å²) in [5.41, 5.74) is 6.41. The molecule has 0 radical (unpaired) electrons. The van der Waals surface area contributed by atoms with Gasteiger partial charge in [0, 0.05) is 36.6 Å². The minimum absolute atomic E-state index is 0.307. The van der Waals surface area contributed by atoms with Crippen molar-refractivity contribution in [3.05, 3.63) is 83.2 Å². The van der Waals surface area contributed by atoms with E-state index < -0.39 is 37.1 Å². The van der Waals surface area contributed by atoms with Crippen LogP contribution in [0, 0.1) is 6.92 Å². The van der Waals surface area contributed by atoms with Crippen LogP contribution in [0.25, 0.3) is 11.1 Å². The SMILES string of the molecule is Cc1ccc(CCCCNC(=O)NCC(O)C(O)C(O)C(O)CO)cc1COC1(c2cnccc2-c2ccccc2OC2CC2)CC1. The number of nitrogens with zero attached hydrogens (tertiary/aromatic N) is 1. The Kier molecular flexibility index (Phi) is 11.8. The number of para-hydroxylation sites is 1. The topological polar surface area (TPSA) is 174 Å². The Bertz CT molecular complexity index is 1480. The predicted molar refractivity (Wildman–Crippen MR) is 176 cm³/mol. The van der Waals surface area contributed by atoms with Crippen LogP contribution in [0.4, 0.5) is 4.79 Å². The summed E-state index contributed by atoms with van der Waals surface area (Å²) in [6, 6.07) is 16.2. The highest BCUT2D eigenvalue weighted by atomic mass is 16.5. The third kappa shape index (κ3) is 9.28. The van der Waals surface area contributed by atoms with Gasteiger partial charge >= 0.3 is 6.03 Å². The van der Waals surface area contributed by atoms with Crippen molar-refractivity contribution < 1.29 is 39.8 Å². The number of nitrogens with one attached hydrogen (secondary N) is 2. The van der Waals surface area contributed by atoms with Crippen molar-refractivity contribution in [1.29, 1.82) is 0 Å². The second-order valence-corrected chi connectivity index (χ2v) is 12.7. The molecule has 5 rings (SSSR count). The normalized spacial score (nSPS) is 17.7. The Morgan fingerprint density at radius 2 is 1.74 bits per heavy atom. The van der Waals surface area contributed by atoms with E-state index in [1.165, 1.54) is 11.1 Å². The number of ether oxygens (including phenoxy) is 2. The van der Waals surface area contributed by atoms with E-state index in [4.69, 9.17) is 14.6 Å². The largest absolute Gasteiger partial charge is 0.490 e. The standard InChI is InChI=1S/C36H47N3O8/c1-23-9-10-24(6-4-5-16-38-35(45)39-20-30(41)33(43)34(44)31(42)21-40)18-25(23)22-46-36(14-15-36)29-19-37-17-13-27(29)28-7-2-3-8-32(28)47-26-11-12-26/h2-3,7-10,13,17-19,26,30-31,33-34,40-44H,4-6,11-12,14-16,20-22H2,1H3,(H2,38,39,45). The van der Waals surface area contributed by atoms with E-state index in [0.717, 1.165) is 72.9 Å². The predicted octanol–water partition coefficient (Wildman–Crippen LogP) is 2.86. The van der Waals surface area contributed by atoms with E-state index in [2.05, 4.69) is 52.9 Å². The average Bonchev–Trinajstić information content (AvgIpc) is 4.04. The van der Waals surface area contributed by atoms with E-state index in [1.807, 2.05) is 30.6 Å². The molecular weight excluding hydrogens is 602 g/mol. The number of amides is 2. The fourth-order valence-electron chi connectivity index (χ4n) is 5.61. The number of hydrogen-bond donors (Lipinski definition) is 7. The number of unbranched alkanes of at least 4 members (excludes halogenated alkanes) is 1. The van der Waals surface area contributed by atoms with Gasteiger partial charge in [-0.05, 0) is 86.3 Å². The number of rotatable bonds is 18. The third-order valence-corrected chi connectivity index (χ3v) is 8.90. The van der Waals surface area contributed by atoms with Crippen LogP contribution in [-0.4, -0.2) is 86.8 Å². The fourth-order valence-corrected chi connectivity index (χ4v) is 5.61. The Hall–Kier alpha value is -3.58. The molecule has 4 atom stereocenters. The lowest BCUT2D eigenvalue weighted by molar-refractivity contribution is -0.113. The maximum atomic E-state index is 12.1. The zero-order valence-corrected chi connectivity index (χ0v) is 26.8. The van der Waals surface area contributed by atoms with Gasteiger partial charge in [0.1, 0.15) is 24.1 Å². The van der Waals surface area contributed by atoms with Crippen LogP contribution in [-0.2, 0) is 23.4 Å². The third-order valence-electron chi connectivity index (χ3n) is 8.90. The Balaban J connectivity index is 1.09. The number of carbonyl (C=O) groups is 1. The van der Waals surface area contributed by atoms with Crippen LogP contribution >= 0.6 is 0 Å². The summed E-state index contributed by atoms with van der Waals surface area (Å²) in [7, 11) is 0. The summed E-state index contributed by atoms with van der Waals surface area (Å²) in [5, 5.41) is 52.9. The molecule has 7 N–H and O–H groups in total. The van der Waals surface area contributed by atoms with Crippen molar-refractivity contribution in [2.45, 2.75) is 94.6 Å². The zero-order chi connectivity index (χ0) is 33.4. The number of aliphatic hydroxyl groups excluding tert-OH is 5. The number of aromatic nitrogens is 1. The average molecular weight is 650 g/mol. The number of hydrogen-bond acceptors (Lipinski definition) is 9. The first kappa shape index (κ1) is 34.7. The lowest BCUT2D eigenvalue weighted by atomic mass is 9.96. The molecule has 2 aromatic carbocycles. The number of urea groups is 1. The second kappa shape index (κ2) is 16.0. The van der Waals surface area contributed by atoms with E-state index in [0.29, 0.717) is 19.3 Å². The van der Waals surface area contributed by atoms with Crippen LogP contribution in [0.3, 0.4) is 0 Å². The molecule has 2 aliphatic carbocycles. The first-order valence-corrected chi connectivity index (χ1v) is 16.5. The molecule has 2 amide bonds. The van der Waals surface area contributed by atoms with Gasteiger partial charge in [-0.25, -0.2) is 4.79 Å². The number of aliphatic hydroxyl groups is 5. The minimum atomic E-state index is -1.74. The number of pyridine rings is 1. The van der Waals surface area contributed by atoms with Crippen molar-refractivity contribution >= 4 is 6.03 Å². The van der Waals surface area contributed by atoms with E-state index in [1.54, 1.807) is 0 Å². The Morgan fingerprint density at radius 3 is 2.49 bits per heavy atom.